The first kappa shape index (κ1) is 13.2. The van der Waals surface area contributed by atoms with Gasteiger partial charge in [-0.2, -0.15) is 0 Å². The second kappa shape index (κ2) is 5.21. The molecule has 1 heterocycles. The van der Waals surface area contributed by atoms with E-state index in [2.05, 4.69) is 14.9 Å². The molecule has 0 radical (unpaired) electrons. The number of nitrogens with zero attached hydrogens (tertiary/aromatic N) is 2. The van der Waals surface area contributed by atoms with E-state index in [0.29, 0.717) is 10.9 Å². The lowest BCUT2D eigenvalue weighted by molar-refractivity contribution is 0.317. The normalized spacial score (nSPS) is 12.7. The molecule has 0 aliphatic heterocycles. The van der Waals surface area contributed by atoms with Crippen molar-refractivity contribution in [3.05, 3.63) is 36.5 Å². The Morgan fingerprint density at radius 2 is 2.16 bits per heavy atom. The maximum atomic E-state index is 12.1. The summed E-state index contributed by atoms with van der Waals surface area (Å²) in [6.07, 6.45) is 1.59. The van der Waals surface area contributed by atoms with Gasteiger partial charge in [0.25, 0.3) is 0 Å². The van der Waals surface area contributed by atoms with E-state index in [4.69, 9.17) is 10.9 Å². The zero-order valence-corrected chi connectivity index (χ0v) is 10.6. The summed E-state index contributed by atoms with van der Waals surface area (Å²) in [4.78, 5) is 4.19. The van der Waals surface area contributed by atoms with Crippen LogP contribution in [0.2, 0.25) is 0 Å². The molecule has 0 saturated heterocycles. The summed E-state index contributed by atoms with van der Waals surface area (Å²) in [5.74, 6) is -0.220. The van der Waals surface area contributed by atoms with Crippen LogP contribution in [0.3, 0.4) is 0 Å². The lowest BCUT2D eigenvalue weighted by Gasteiger charge is -2.08. The Morgan fingerprint density at radius 3 is 2.89 bits per heavy atom. The van der Waals surface area contributed by atoms with Gasteiger partial charge in [-0.3, -0.25) is 4.98 Å². The first-order valence-corrected chi connectivity index (χ1v) is 6.83. The Bertz CT molecular complexity index is 722. The van der Waals surface area contributed by atoms with Gasteiger partial charge in [-0.1, -0.05) is 11.2 Å². The van der Waals surface area contributed by atoms with Gasteiger partial charge in [0.05, 0.1) is 17.0 Å². The van der Waals surface area contributed by atoms with Gasteiger partial charge >= 0.3 is 0 Å². The van der Waals surface area contributed by atoms with Gasteiger partial charge in [0.1, 0.15) is 0 Å². The summed E-state index contributed by atoms with van der Waals surface area (Å²) < 4.78 is 26.5. The summed E-state index contributed by atoms with van der Waals surface area (Å²) >= 11 is 0. The summed E-state index contributed by atoms with van der Waals surface area (Å²) in [6, 6.07) is 8.12. The third-order valence-electron chi connectivity index (χ3n) is 2.47. The lowest BCUT2D eigenvalue weighted by Crippen LogP contribution is -2.33. The van der Waals surface area contributed by atoms with Crippen molar-refractivity contribution in [3.63, 3.8) is 0 Å². The Balaban J connectivity index is 2.43. The minimum absolute atomic E-state index is 0.101. The minimum Gasteiger partial charge on any atom is -0.409 e. The molecule has 0 unspecified atom stereocenters. The van der Waals surface area contributed by atoms with Gasteiger partial charge in [-0.05, 0) is 24.3 Å². The molecule has 0 aliphatic rings. The minimum atomic E-state index is -3.75. The van der Waals surface area contributed by atoms with Crippen molar-refractivity contribution in [1.29, 1.82) is 0 Å². The van der Waals surface area contributed by atoms with Crippen molar-refractivity contribution in [1.82, 2.24) is 9.71 Å². The Kier molecular flexibility index (Phi) is 3.63. The van der Waals surface area contributed by atoms with Crippen LogP contribution in [0.5, 0.6) is 0 Å². The van der Waals surface area contributed by atoms with Crippen LogP contribution in [-0.4, -0.2) is 31.0 Å². The smallest absolute Gasteiger partial charge is 0.241 e. The largest absolute Gasteiger partial charge is 0.409 e. The molecule has 0 aliphatic carbocycles. The third-order valence-corrected chi connectivity index (χ3v) is 3.93. The van der Waals surface area contributed by atoms with E-state index < -0.39 is 10.0 Å². The second-order valence-corrected chi connectivity index (χ2v) is 5.48. The van der Waals surface area contributed by atoms with Crippen LogP contribution in [0, 0.1) is 0 Å². The van der Waals surface area contributed by atoms with Crippen molar-refractivity contribution in [2.45, 2.75) is 4.90 Å². The number of aromatic nitrogens is 1. The van der Waals surface area contributed by atoms with Crippen molar-refractivity contribution >= 4 is 26.8 Å². The van der Waals surface area contributed by atoms with Crippen LogP contribution in [0.15, 0.2) is 46.6 Å². The molecule has 19 heavy (non-hydrogen) atoms. The van der Waals surface area contributed by atoms with Gasteiger partial charge in [0, 0.05) is 11.6 Å². The molecular formula is C11H12N4O3S. The van der Waals surface area contributed by atoms with Crippen LogP contribution >= 0.6 is 0 Å². The van der Waals surface area contributed by atoms with E-state index in [0.717, 1.165) is 0 Å². The molecule has 2 rings (SSSR count). The van der Waals surface area contributed by atoms with Gasteiger partial charge < -0.3 is 10.9 Å². The molecule has 7 nitrogen and oxygen atoms in total. The number of hydrogen-bond donors (Lipinski definition) is 3. The average molecular weight is 280 g/mol. The predicted molar refractivity (Wildman–Crippen MR) is 70.3 cm³/mol. The van der Waals surface area contributed by atoms with Crippen LogP contribution < -0.4 is 10.5 Å². The van der Waals surface area contributed by atoms with Gasteiger partial charge in [0.15, 0.2) is 5.84 Å². The molecule has 0 saturated carbocycles. The Hall–Kier alpha value is -2.19. The lowest BCUT2D eigenvalue weighted by atomic mass is 10.2. The molecule has 0 fully saturated rings. The number of amidine groups is 1. The summed E-state index contributed by atoms with van der Waals surface area (Å²) in [7, 11) is -3.75. The molecule has 0 bridgehead atoms. The summed E-state index contributed by atoms with van der Waals surface area (Å²) in [5.41, 5.74) is 5.81. The molecule has 0 spiro atoms. The molecule has 1 aromatic carbocycles. The fourth-order valence-electron chi connectivity index (χ4n) is 1.59. The van der Waals surface area contributed by atoms with Crippen molar-refractivity contribution < 1.29 is 13.6 Å². The molecule has 1 aromatic heterocycles. The zero-order chi connectivity index (χ0) is 13.9. The van der Waals surface area contributed by atoms with Crippen LogP contribution in [0.4, 0.5) is 0 Å². The number of pyridine rings is 1. The number of nitrogens with one attached hydrogen (secondary N) is 1. The SMILES string of the molecule is N/C(CNS(=O)(=O)c1cccc2ncccc12)=N/O. The Morgan fingerprint density at radius 1 is 1.37 bits per heavy atom. The fourth-order valence-corrected chi connectivity index (χ4v) is 2.80. The average Bonchev–Trinajstić information content (AvgIpc) is 2.44. The quantitative estimate of drug-likeness (QED) is 0.321. The highest BCUT2D eigenvalue weighted by atomic mass is 32.2. The molecule has 4 N–H and O–H groups in total. The van der Waals surface area contributed by atoms with E-state index in [9.17, 15) is 8.42 Å². The highest BCUT2D eigenvalue weighted by Gasteiger charge is 2.17. The molecule has 2 aromatic rings. The number of rotatable bonds is 4. The topological polar surface area (TPSA) is 118 Å². The van der Waals surface area contributed by atoms with E-state index in [-0.39, 0.29) is 17.3 Å². The van der Waals surface area contributed by atoms with Crippen molar-refractivity contribution in [2.75, 3.05) is 6.54 Å². The predicted octanol–water partition coefficient (Wildman–Crippen LogP) is 0.260. The Labute approximate surface area is 109 Å². The number of nitrogens with two attached hydrogens (primary N) is 1. The van der Waals surface area contributed by atoms with Gasteiger partial charge in [-0.15, -0.1) is 0 Å². The van der Waals surface area contributed by atoms with E-state index in [1.807, 2.05) is 0 Å². The first-order chi connectivity index (χ1) is 9.04. The van der Waals surface area contributed by atoms with Crippen LogP contribution in [-0.2, 0) is 10.0 Å². The van der Waals surface area contributed by atoms with Crippen LogP contribution in [0.1, 0.15) is 0 Å². The zero-order valence-electron chi connectivity index (χ0n) is 9.81. The number of fused-ring (bicyclic) bond motifs is 1. The second-order valence-electron chi connectivity index (χ2n) is 3.74. The summed E-state index contributed by atoms with van der Waals surface area (Å²) in [5, 5.41) is 11.6. The molecule has 0 amide bonds. The number of benzene rings is 1. The monoisotopic (exact) mass is 280 g/mol. The molecule has 0 atom stereocenters. The van der Waals surface area contributed by atoms with Gasteiger partial charge in [0.2, 0.25) is 10.0 Å². The molecule has 8 heteroatoms. The third kappa shape index (κ3) is 2.80. The van der Waals surface area contributed by atoms with Crippen LogP contribution in [0.25, 0.3) is 10.9 Å². The van der Waals surface area contributed by atoms with Crippen molar-refractivity contribution in [3.8, 4) is 0 Å². The summed E-state index contributed by atoms with van der Waals surface area (Å²) in [6.45, 7) is -0.268. The van der Waals surface area contributed by atoms with E-state index >= 15 is 0 Å². The maximum Gasteiger partial charge on any atom is 0.241 e. The number of oxime groups is 1. The number of hydrogen-bond acceptors (Lipinski definition) is 5. The van der Waals surface area contributed by atoms with Gasteiger partial charge in [-0.25, -0.2) is 13.1 Å². The fraction of sp³-hybridized carbons (Fsp3) is 0.0909. The van der Waals surface area contributed by atoms with E-state index in [1.54, 1.807) is 30.5 Å². The standard InChI is InChI=1S/C11H12N4O3S/c12-11(15-16)7-14-19(17,18)10-5-1-4-9-8(10)3-2-6-13-9/h1-6,14,16H,7H2,(H2,12,15). The highest BCUT2D eigenvalue weighted by Crippen LogP contribution is 2.20. The molecular weight excluding hydrogens is 268 g/mol. The van der Waals surface area contributed by atoms with E-state index in [1.165, 1.54) is 6.07 Å². The molecule has 100 valence electrons. The first-order valence-electron chi connectivity index (χ1n) is 5.34. The highest BCUT2D eigenvalue weighted by molar-refractivity contribution is 7.89. The van der Waals surface area contributed by atoms with Crippen molar-refractivity contribution in [2.24, 2.45) is 10.9 Å². The maximum absolute atomic E-state index is 12.1. The number of sulfonamides is 1.